The largest absolute Gasteiger partial charge is 0.490 e. The fourth-order valence-corrected chi connectivity index (χ4v) is 2.34. The SMILES string of the molecule is CCNC(CCC(F)(F)F)c1ccc2c(c1)OCCCO2. The number of nitrogens with one attached hydrogen (secondary N) is 1. The van der Waals surface area contributed by atoms with Gasteiger partial charge in [-0.15, -0.1) is 0 Å². The number of alkyl halides is 3. The molecule has 0 amide bonds. The van der Waals surface area contributed by atoms with Gasteiger partial charge in [0.25, 0.3) is 0 Å². The third-order valence-corrected chi connectivity index (χ3v) is 3.34. The van der Waals surface area contributed by atoms with Crippen molar-refractivity contribution in [3.8, 4) is 11.5 Å². The number of benzene rings is 1. The minimum atomic E-state index is -4.14. The summed E-state index contributed by atoms with van der Waals surface area (Å²) in [6.07, 6.45) is -4.14. The third kappa shape index (κ3) is 4.81. The molecule has 1 N–H and O–H groups in total. The minimum Gasteiger partial charge on any atom is -0.490 e. The summed E-state index contributed by atoms with van der Waals surface area (Å²) in [5.74, 6) is 1.27. The van der Waals surface area contributed by atoms with Crippen molar-refractivity contribution in [3.05, 3.63) is 23.8 Å². The van der Waals surface area contributed by atoms with Gasteiger partial charge in [-0.1, -0.05) is 13.0 Å². The van der Waals surface area contributed by atoms with Gasteiger partial charge in [-0.2, -0.15) is 13.2 Å². The van der Waals surface area contributed by atoms with Crippen molar-refractivity contribution in [2.75, 3.05) is 19.8 Å². The third-order valence-electron chi connectivity index (χ3n) is 3.34. The molecule has 1 atom stereocenters. The Morgan fingerprint density at radius 2 is 1.90 bits per heavy atom. The molecule has 1 heterocycles. The van der Waals surface area contributed by atoms with Crippen LogP contribution in [0.2, 0.25) is 0 Å². The molecule has 0 fully saturated rings. The van der Waals surface area contributed by atoms with Crippen molar-refractivity contribution in [2.24, 2.45) is 0 Å². The highest BCUT2D eigenvalue weighted by Crippen LogP contribution is 2.34. The molecule has 0 aliphatic carbocycles. The highest BCUT2D eigenvalue weighted by atomic mass is 19.4. The van der Waals surface area contributed by atoms with Crippen molar-refractivity contribution in [1.82, 2.24) is 5.32 Å². The van der Waals surface area contributed by atoms with Crippen LogP contribution in [0.25, 0.3) is 0 Å². The van der Waals surface area contributed by atoms with Gasteiger partial charge in [0.2, 0.25) is 0 Å². The summed E-state index contributed by atoms with van der Waals surface area (Å²) in [5.41, 5.74) is 0.797. The zero-order valence-electron chi connectivity index (χ0n) is 12.0. The Morgan fingerprint density at radius 1 is 1.19 bits per heavy atom. The van der Waals surface area contributed by atoms with Crippen LogP contribution in [0.1, 0.15) is 37.8 Å². The zero-order chi connectivity index (χ0) is 15.3. The molecule has 0 radical (unpaired) electrons. The van der Waals surface area contributed by atoms with Crippen LogP contribution in [0, 0.1) is 0 Å². The minimum absolute atomic E-state index is 0.0109. The Labute approximate surface area is 122 Å². The Kier molecular flexibility index (Phi) is 5.33. The van der Waals surface area contributed by atoms with E-state index in [0.717, 1.165) is 12.0 Å². The van der Waals surface area contributed by atoms with Gasteiger partial charge < -0.3 is 14.8 Å². The molecule has 0 bridgehead atoms. The van der Waals surface area contributed by atoms with E-state index in [1.165, 1.54) is 0 Å². The topological polar surface area (TPSA) is 30.5 Å². The molecule has 21 heavy (non-hydrogen) atoms. The molecular weight excluding hydrogens is 283 g/mol. The normalized spacial score (nSPS) is 16.4. The molecule has 1 aliphatic rings. The van der Waals surface area contributed by atoms with E-state index >= 15 is 0 Å². The van der Waals surface area contributed by atoms with Gasteiger partial charge in [0.05, 0.1) is 13.2 Å². The number of ether oxygens (including phenoxy) is 2. The van der Waals surface area contributed by atoms with Crippen LogP contribution in [-0.4, -0.2) is 25.9 Å². The predicted octanol–water partition coefficient (Wildman–Crippen LogP) is 3.84. The lowest BCUT2D eigenvalue weighted by Crippen LogP contribution is -2.23. The van der Waals surface area contributed by atoms with E-state index in [1.54, 1.807) is 18.2 Å². The van der Waals surface area contributed by atoms with Gasteiger partial charge in [-0.25, -0.2) is 0 Å². The van der Waals surface area contributed by atoms with Crippen LogP contribution < -0.4 is 14.8 Å². The summed E-state index contributed by atoms with van der Waals surface area (Å²) in [5, 5.41) is 3.10. The number of halogens is 3. The lowest BCUT2D eigenvalue weighted by molar-refractivity contribution is -0.136. The fourth-order valence-electron chi connectivity index (χ4n) is 2.34. The summed E-state index contributed by atoms with van der Waals surface area (Å²) >= 11 is 0. The van der Waals surface area contributed by atoms with Gasteiger partial charge in [-0.3, -0.25) is 0 Å². The molecule has 1 unspecified atom stereocenters. The summed E-state index contributed by atoms with van der Waals surface area (Å²) in [6.45, 7) is 3.64. The second kappa shape index (κ2) is 7.02. The average molecular weight is 303 g/mol. The molecule has 0 saturated carbocycles. The molecule has 2 rings (SSSR count). The van der Waals surface area contributed by atoms with Crippen LogP contribution in [0.3, 0.4) is 0 Å². The summed E-state index contributed by atoms with van der Waals surface area (Å²) in [7, 11) is 0. The quantitative estimate of drug-likeness (QED) is 0.896. The molecule has 6 heteroatoms. The molecule has 1 aromatic carbocycles. The first-order chi connectivity index (χ1) is 9.99. The van der Waals surface area contributed by atoms with Crippen molar-refractivity contribution < 1.29 is 22.6 Å². The highest BCUT2D eigenvalue weighted by Gasteiger charge is 2.28. The molecule has 0 aromatic heterocycles. The zero-order valence-corrected chi connectivity index (χ0v) is 12.0. The van der Waals surface area contributed by atoms with Gasteiger partial charge in [0.15, 0.2) is 11.5 Å². The van der Waals surface area contributed by atoms with Crippen LogP contribution in [-0.2, 0) is 0 Å². The maximum atomic E-state index is 12.4. The Bertz CT molecular complexity index is 463. The average Bonchev–Trinajstić information content (AvgIpc) is 2.66. The van der Waals surface area contributed by atoms with E-state index < -0.39 is 12.6 Å². The number of fused-ring (bicyclic) bond motifs is 1. The van der Waals surface area contributed by atoms with Crippen LogP contribution in [0.5, 0.6) is 11.5 Å². The standard InChI is InChI=1S/C15H20F3NO2/c1-2-19-12(6-7-15(16,17)18)11-4-5-13-14(10-11)21-9-3-8-20-13/h4-5,10,12,19H,2-3,6-9H2,1H3. The number of hydrogen-bond donors (Lipinski definition) is 1. The Hall–Kier alpha value is -1.43. The van der Waals surface area contributed by atoms with E-state index in [-0.39, 0.29) is 12.5 Å². The first-order valence-electron chi connectivity index (χ1n) is 7.19. The molecule has 1 aliphatic heterocycles. The fraction of sp³-hybridized carbons (Fsp3) is 0.600. The Morgan fingerprint density at radius 3 is 2.57 bits per heavy atom. The first kappa shape index (κ1) is 15.9. The lowest BCUT2D eigenvalue weighted by atomic mass is 10.0. The summed E-state index contributed by atoms with van der Waals surface area (Å²) in [6, 6.07) is 5.02. The van der Waals surface area contributed by atoms with Crippen molar-refractivity contribution in [1.29, 1.82) is 0 Å². The van der Waals surface area contributed by atoms with Gasteiger partial charge >= 0.3 is 6.18 Å². The number of hydrogen-bond acceptors (Lipinski definition) is 3. The van der Waals surface area contributed by atoms with Crippen molar-refractivity contribution in [2.45, 2.75) is 38.4 Å². The maximum Gasteiger partial charge on any atom is 0.389 e. The molecule has 0 saturated heterocycles. The van der Waals surface area contributed by atoms with E-state index in [4.69, 9.17) is 9.47 Å². The second-order valence-electron chi connectivity index (χ2n) is 5.02. The van der Waals surface area contributed by atoms with Crippen LogP contribution in [0.4, 0.5) is 13.2 Å². The van der Waals surface area contributed by atoms with Gasteiger partial charge in [0.1, 0.15) is 0 Å². The maximum absolute atomic E-state index is 12.4. The molecule has 118 valence electrons. The predicted molar refractivity (Wildman–Crippen MR) is 73.8 cm³/mol. The molecule has 0 spiro atoms. The van der Waals surface area contributed by atoms with E-state index in [0.29, 0.717) is 31.3 Å². The van der Waals surface area contributed by atoms with E-state index in [1.807, 2.05) is 6.92 Å². The lowest BCUT2D eigenvalue weighted by Gasteiger charge is -2.20. The molecule has 3 nitrogen and oxygen atoms in total. The summed E-state index contributed by atoms with van der Waals surface area (Å²) in [4.78, 5) is 0. The van der Waals surface area contributed by atoms with Crippen molar-refractivity contribution in [3.63, 3.8) is 0 Å². The van der Waals surface area contributed by atoms with E-state index in [2.05, 4.69) is 5.32 Å². The van der Waals surface area contributed by atoms with Crippen molar-refractivity contribution >= 4 is 0 Å². The first-order valence-corrected chi connectivity index (χ1v) is 7.19. The smallest absolute Gasteiger partial charge is 0.389 e. The van der Waals surface area contributed by atoms with Gasteiger partial charge in [-0.05, 0) is 30.7 Å². The van der Waals surface area contributed by atoms with Crippen LogP contribution in [0.15, 0.2) is 18.2 Å². The Balaban J connectivity index is 2.14. The molecular formula is C15H20F3NO2. The van der Waals surface area contributed by atoms with Crippen LogP contribution >= 0.6 is 0 Å². The molecule has 1 aromatic rings. The number of rotatable bonds is 5. The van der Waals surface area contributed by atoms with Gasteiger partial charge in [0, 0.05) is 18.9 Å². The highest BCUT2D eigenvalue weighted by molar-refractivity contribution is 5.44. The monoisotopic (exact) mass is 303 g/mol. The second-order valence-corrected chi connectivity index (χ2v) is 5.02. The van der Waals surface area contributed by atoms with E-state index in [9.17, 15) is 13.2 Å². The summed E-state index contributed by atoms with van der Waals surface area (Å²) < 4.78 is 48.4.